The molecule has 2 aliphatic rings. The number of nitrogens with one attached hydrogen (secondary N) is 1. The molecule has 0 aromatic carbocycles. The second-order valence-corrected chi connectivity index (χ2v) is 6.95. The predicted octanol–water partition coefficient (Wildman–Crippen LogP) is -0.404. The van der Waals surface area contributed by atoms with Crippen molar-refractivity contribution >= 4 is 11.8 Å². The van der Waals surface area contributed by atoms with Crippen molar-refractivity contribution in [2.24, 2.45) is 7.05 Å². The largest absolute Gasteiger partial charge is 0.389 e. The van der Waals surface area contributed by atoms with Crippen LogP contribution in [0.25, 0.3) is 0 Å². The second kappa shape index (κ2) is 7.53. The summed E-state index contributed by atoms with van der Waals surface area (Å²) in [4.78, 5) is 28.0. The van der Waals surface area contributed by atoms with Gasteiger partial charge in [0.25, 0.3) is 5.91 Å². The quantitative estimate of drug-likeness (QED) is 0.775. The number of hydrogen-bond donors (Lipinski definition) is 2. The highest BCUT2D eigenvalue weighted by molar-refractivity contribution is 5.92. The number of amides is 2. The summed E-state index contributed by atoms with van der Waals surface area (Å²) < 4.78 is 1.53. The molecule has 1 aromatic rings. The van der Waals surface area contributed by atoms with E-state index in [2.05, 4.69) is 15.3 Å². The zero-order valence-electron chi connectivity index (χ0n) is 14.9. The van der Waals surface area contributed by atoms with Gasteiger partial charge in [0.05, 0.1) is 12.1 Å². The summed E-state index contributed by atoms with van der Waals surface area (Å²) in [5.74, 6) is -0.101. The number of nitrogens with zero attached hydrogens (tertiary/aromatic N) is 4. The molecular weight excluding hydrogens is 322 g/mol. The molecule has 2 fully saturated rings. The molecule has 1 saturated carbocycles. The zero-order chi connectivity index (χ0) is 18.0. The minimum absolute atomic E-state index is 0.0275. The van der Waals surface area contributed by atoms with Crippen LogP contribution in [0.1, 0.15) is 36.7 Å². The summed E-state index contributed by atoms with van der Waals surface area (Å²) in [6.45, 7) is 4.53. The lowest BCUT2D eigenvalue weighted by molar-refractivity contribution is -0.131. The van der Waals surface area contributed by atoms with Crippen LogP contribution in [0.3, 0.4) is 0 Å². The van der Waals surface area contributed by atoms with E-state index < -0.39 is 6.10 Å². The van der Waals surface area contributed by atoms with Crippen LogP contribution in [0.2, 0.25) is 0 Å². The molecule has 25 heavy (non-hydrogen) atoms. The molecule has 8 nitrogen and oxygen atoms in total. The minimum Gasteiger partial charge on any atom is -0.389 e. The molecular formula is C17H27N5O3. The molecule has 8 heteroatoms. The number of piperazine rings is 1. The summed E-state index contributed by atoms with van der Waals surface area (Å²) >= 11 is 0. The third kappa shape index (κ3) is 3.85. The Morgan fingerprint density at radius 3 is 2.56 bits per heavy atom. The molecule has 2 heterocycles. The molecule has 2 amide bonds. The average molecular weight is 349 g/mol. The van der Waals surface area contributed by atoms with E-state index in [4.69, 9.17) is 0 Å². The van der Waals surface area contributed by atoms with E-state index in [1.165, 1.54) is 4.68 Å². The van der Waals surface area contributed by atoms with E-state index in [0.29, 0.717) is 18.8 Å². The van der Waals surface area contributed by atoms with Crippen LogP contribution in [-0.4, -0.2) is 80.9 Å². The molecule has 1 aliphatic heterocycles. The fraction of sp³-hybridized carbons (Fsp3) is 0.706. The maximum Gasteiger partial charge on any atom is 0.269 e. The lowest BCUT2D eigenvalue weighted by atomic mass is 9.86. The Hall–Kier alpha value is -1.93. The van der Waals surface area contributed by atoms with Gasteiger partial charge < -0.3 is 15.3 Å². The number of aliphatic hydroxyl groups excluding tert-OH is 1. The fourth-order valence-corrected chi connectivity index (χ4v) is 3.92. The lowest BCUT2D eigenvalue weighted by Crippen LogP contribution is -2.60. The maximum atomic E-state index is 12.4. The lowest BCUT2D eigenvalue weighted by Gasteiger charge is -2.45. The van der Waals surface area contributed by atoms with Crippen LogP contribution >= 0.6 is 0 Å². The molecule has 1 aliphatic carbocycles. The van der Waals surface area contributed by atoms with E-state index in [1.807, 2.05) is 4.90 Å². The van der Waals surface area contributed by atoms with Crippen LogP contribution in [0, 0.1) is 0 Å². The van der Waals surface area contributed by atoms with Gasteiger partial charge in [-0.15, -0.1) is 0 Å². The standard InChI is InChI=1S/C17H27N5O3/c1-12(23)21-8-10-22(11-9-21)14-5-3-4-13(16(14)24)19-17(25)15-6-7-18-20(15)2/h6-7,13-14,16,24H,3-5,8-11H2,1-2H3,(H,19,25)/t13-,14-,16-/m1/s1. The molecule has 0 unspecified atom stereocenters. The number of carbonyl (C=O) groups excluding carboxylic acids is 2. The molecule has 3 atom stereocenters. The Morgan fingerprint density at radius 1 is 1.24 bits per heavy atom. The number of aryl methyl sites for hydroxylation is 1. The van der Waals surface area contributed by atoms with E-state index in [0.717, 1.165) is 32.4 Å². The van der Waals surface area contributed by atoms with Gasteiger partial charge in [0.1, 0.15) is 5.69 Å². The van der Waals surface area contributed by atoms with Crippen LogP contribution in [-0.2, 0) is 11.8 Å². The van der Waals surface area contributed by atoms with E-state index >= 15 is 0 Å². The third-order valence-electron chi connectivity index (χ3n) is 5.42. The van der Waals surface area contributed by atoms with E-state index in [-0.39, 0.29) is 23.9 Å². The molecule has 1 aromatic heterocycles. The highest BCUT2D eigenvalue weighted by atomic mass is 16.3. The number of aromatic nitrogens is 2. The number of carbonyl (C=O) groups is 2. The summed E-state index contributed by atoms with van der Waals surface area (Å²) in [7, 11) is 1.73. The van der Waals surface area contributed by atoms with E-state index in [1.54, 1.807) is 26.2 Å². The van der Waals surface area contributed by atoms with Gasteiger partial charge in [-0.2, -0.15) is 5.10 Å². The number of hydrogen-bond acceptors (Lipinski definition) is 5. The minimum atomic E-state index is -0.602. The monoisotopic (exact) mass is 349 g/mol. The summed E-state index contributed by atoms with van der Waals surface area (Å²) in [5, 5.41) is 17.8. The zero-order valence-corrected chi connectivity index (χ0v) is 14.9. The highest BCUT2D eigenvalue weighted by Gasteiger charge is 2.37. The second-order valence-electron chi connectivity index (χ2n) is 6.95. The normalized spacial score (nSPS) is 28.0. The van der Waals surface area contributed by atoms with Crippen molar-refractivity contribution in [3.8, 4) is 0 Å². The Morgan fingerprint density at radius 2 is 1.96 bits per heavy atom. The average Bonchev–Trinajstić information content (AvgIpc) is 3.03. The third-order valence-corrected chi connectivity index (χ3v) is 5.42. The first-order valence-corrected chi connectivity index (χ1v) is 8.94. The highest BCUT2D eigenvalue weighted by Crippen LogP contribution is 2.25. The molecule has 1 saturated heterocycles. The first kappa shape index (κ1) is 17.9. The predicted molar refractivity (Wildman–Crippen MR) is 91.9 cm³/mol. The first-order valence-electron chi connectivity index (χ1n) is 8.94. The fourth-order valence-electron chi connectivity index (χ4n) is 3.92. The molecule has 138 valence electrons. The SMILES string of the molecule is CC(=O)N1CCN([C@@H]2CCC[C@@H](NC(=O)c3ccnn3C)[C@H]2O)CC1. The molecule has 2 N–H and O–H groups in total. The Labute approximate surface area is 147 Å². The Kier molecular flexibility index (Phi) is 5.39. The van der Waals surface area contributed by atoms with Crippen molar-refractivity contribution in [1.82, 2.24) is 24.9 Å². The number of aliphatic hydroxyl groups is 1. The van der Waals surface area contributed by atoms with Crippen molar-refractivity contribution in [3.63, 3.8) is 0 Å². The molecule has 3 rings (SSSR count). The van der Waals surface area contributed by atoms with Gasteiger partial charge >= 0.3 is 0 Å². The van der Waals surface area contributed by atoms with Gasteiger partial charge in [-0.3, -0.25) is 19.2 Å². The Balaban J connectivity index is 1.59. The van der Waals surface area contributed by atoms with Gasteiger partial charge in [0.2, 0.25) is 5.91 Å². The van der Waals surface area contributed by atoms with Gasteiger partial charge in [0.15, 0.2) is 0 Å². The molecule has 0 spiro atoms. The van der Waals surface area contributed by atoms with Gasteiger partial charge in [-0.05, 0) is 25.3 Å². The molecule has 0 radical (unpaired) electrons. The van der Waals surface area contributed by atoms with Crippen LogP contribution in [0.5, 0.6) is 0 Å². The van der Waals surface area contributed by atoms with Crippen LogP contribution < -0.4 is 5.32 Å². The van der Waals surface area contributed by atoms with Gasteiger partial charge in [0, 0.05) is 52.4 Å². The van der Waals surface area contributed by atoms with Gasteiger partial charge in [-0.25, -0.2) is 0 Å². The van der Waals surface area contributed by atoms with E-state index in [9.17, 15) is 14.7 Å². The first-order chi connectivity index (χ1) is 12.0. The summed E-state index contributed by atoms with van der Waals surface area (Å²) in [5.41, 5.74) is 0.490. The topological polar surface area (TPSA) is 90.7 Å². The van der Waals surface area contributed by atoms with Gasteiger partial charge in [-0.1, -0.05) is 0 Å². The Bertz CT molecular complexity index is 624. The van der Waals surface area contributed by atoms with Crippen molar-refractivity contribution in [2.75, 3.05) is 26.2 Å². The maximum absolute atomic E-state index is 12.4. The van der Waals surface area contributed by atoms with Crippen molar-refractivity contribution in [2.45, 2.75) is 44.4 Å². The van der Waals surface area contributed by atoms with Crippen molar-refractivity contribution in [3.05, 3.63) is 18.0 Å². The number of rotatable bonds is 3. The smallest absolute Gasteiger partial charge is 0.269 e. The molecule has 0 bridgehead atoms. The van der Waals surface area contributed by atoms with Crippen molar-refractivity contribution < 1.29 is 14.7 Å². The summed E-state index contributed by atoms with van der Waals surface area (Å²) in [6, 6.07) is 1.44. The van der Waals surface area contributed by atoms with Crippen molar-refractivity contribution in [1.29, 1.82) is 0 Å². The van der Waals surface area contributed by atoms with Crippen LogP contribution in [0.4, 0.5) is 0 Å². The summed E-state index contributed by atoms with van der Waals surface area (Å²) in [6.07, 6.45) is 3.64. The van der Waals surface area contributed by atoms with Crippen LogP contribution in [0.15, 0.2) is 12.3 Å².